The van der Waals surface area contributed by atoms with Crippen LogP contribution in [-0.2, 0) is 0 Å². The minimum atomic E-state index is -4.81. The molecule has 0 aliphatic heterocycles. The van der Waals surface area contributed by atoms with E-state index in [1.54, 1.807) is 0 Å². The first-order valence-corrected chi connectivity index (χ1v) is 7.02. The fourth-order valence-electron chi connectivity index (χ4n) is 2.05. The molecule has 0 saturated heterocycles. The van der Waals surface area contributed by atoms with Crippen LogP contribution in [-0.4, -0.2) is 32.5 Å². The molecule has 1 heterocycles. The zero-order valence-corrected chi connectivity index (χ0v) is 12.7. The molecule has 1 amide bonds. The molecule has 1 N–H and O–H groups in total. The number of nitrogens with zero attached hydrogens (tertiary/aromatic N) is 4. The Morgan fingerprint density at radius 3 is 2.46 bits per heavy atom. The average Bonchev–Trinajstić information content (AvgIpc) is 3.10. The highest BCUT2D eigenvalue weighted by Gasteiger charge is 2.31. The van der Waals surface area contributed by atoms with E-state index in [4.69, 9.17) is 0 Å². The zero-order valence-electron chi connectivity index (χ0n) is 12.7. The fourth-order valence-corrected chi connectivity index (χ4v) is 2.05. The van der Waals surface area contributed by atoms with Crippen molar-refractivity contribution in [1.29, 1.82) is 0 Å². The first kappa shape index (κ1) is 17.3. The second-order valence-corrected chi connectivity index (χ2v) is 4.94. The Morgan fingerprint density at radius 1 is 1.12 bits per heavy atom. The summed E-state index contributed by atoms with van der Waals surface area (Å²) in [5.41, 5.74) is 0.237. The van der Waals surface area contributed by atoms with Gasteiger partial charge in [-0.2, -0.15) is 0 Å². The molecule has 0 fully saturated rings. The second-order valence-electron chi connectivity index (χ2n) is 4.94. The minimum Gasteiger partial charge on any atom is -0.406 e. The van der Waals surface area contributed by atoms with Crippen LogP contribution >= 0.6 is 0 Å². The fraction of sp³-hybridized carbons (Fsp3) is 0.0667. The van der Waals surface area contributed by atoms with Gasteiger partial charge < -0.3 is 10.1 Å². The lowest BCUT2D eigenvalue weighted by atomic mass is 10.1. The molecule has 134 valence electrons. The van der Waals surface area contributed by atoms with E-state index in [1.165, 1.54) is 35.3 Å². The van der Waals surface area contributed by atoms with Crippen molar-refractivity contribution in [3.05, 3.63) is 60.2 Å². The number of tetrazole rings is 1. The van der Waals surface area contributed by atoms with Crippen molar-refractivity contribution >= 4 is 11.6 Å². The second kappa shape index (κ2) is 6.78. The lowest BCUT2D eigenvalue weighted by molar-refractivity contribution is -0.274. The van der Waals surface area contributed by atoms with E-state index in [0.29, 0.717) is 5.69 Å². The largest absolute Gasteiger partial charge is 0.573 e. The molecule has 0 spiro atoms. The van der Waals surface area contributed by atoms with Crippen molar-refractivity contribution in [3.8, 4) is 11.4 Å². The Bertz CT molecular complexity index is 911. The van der Waals surface area contributed by atoms with Gasteiger partial charge in [-0.25, -0.2) is 9.07 Å². The van der Waals surface area contributed by atoms with Gasteiger partial charge in [-0.05, 0) is 52.9 Å². The van der Waals surface area contributed by atoms with Gasteiger partial charge in [0.1, 0.15) is 17.9 Å². The molecular weight excluding hydrogens is 358 g/mol. The van der Waals surface area contributed by atoms with Crippen LogP contribution in [0.4, 0.5) is 23.2 Å². The van der Waals surface area contributed by atoms with Gasteiger partial charge in [0.25, 0.3) is 5.91 Å². The van der Waals surface area contributed by atoms with E-state index in [9.17, 15) is 22.4 Å². The summed E-state index contributed by atoms with van der Waals surface area (Å²) in [5, 5.41) is 12.9. The number of nitrogens with one attached hydrogen (secondary N) is 1. The molecule has 0 unspecified atom stereocenters. The number of alkyl halides is 3. The molecule has 0 bridgehead atoms. The van der Waals surface area contributed by atoms with E-state index in [0.717, 1.165) is 18.2 Å². The summed E-state index contributed by atoms with van der Waals surface area (Å²) in [7, 11) is 0. The summed E-state index contributed by atoms with van der Waals surface area (Å²) in [4.78, 5) is 12.2. The Morgan fingerprint density at radius 2 is 1.85 bits per heavy atom. The predicted octanol–water partition coefficient (Wildman–Crippen LogP) is 2.95. The molecule has 0 atom stereocenters. The Balaban J connectivity index is 1.77. The first-order chi connectivity index (χ1) is 12.3. The third kappa shape index (κ3) is 4.12. The van der Waals surface area contributed by atoms with Crippen LogP contribution in [0, 0.1) is 5.82 Å². The molecular formula is C15H9F4N5O2. The number of carbonyl (C=O) groups is 1. The standard InChI is InChI=1S/C15H9F4N5O2/c16-13-6-3-10(24-8-20-22-23-24)7-12(13)14(25)21-9-1-4-11(5-2-9)26-15(17,18)19/h1-8H,(H,21,25). The first-order valence-electron chi connectivity index (χ1n) is 7.02. The number of hydrogen-bond donors (Lipinski definition) is 1. The lowest BCUT2D eigenvalue weighted by Gasteiger charge is -2.10. The van der Waals surface area contributed by atoms with Crippen LogP contribution in [0.2, 0.25) is 0 Å². The van der Waals surface area contributed by atoms with Crippen LogP contribution in [0.15, 0.2) is 48.8 Å². The van der Waals surface area contributed by atoms with Gasteiger partial charge >= 0.3 is 6.36 Å². The molecule has 0 aliphatic rings. The number of anilines is 1. The topological polar surface area (TPSA) is 81.9 Å². The number of ether oxygens (including phenoxy) is 1. The predicted molar refractivity (Wildman–Crippen MR) is 80.2 cm³/mol. The molecule has 26 heavy (non-hydrogen) atoms. The minimum absolute atomic E-state index is 0.164. The number of hydrogen-bond acceptors (Lipinski definition) is 5. The van der Waals surface area contributed by atoms with Gasteiger partial charge in [0.2, 0.25) is 0 Å². The Hall–Kier alpha value is -3.50. The number of benzene rings is 2. The number of halogens is 4. The van der Waals surface area contributed by atoms with E-state index < -0.39 is 23.8 Å². The summed E-state index contributed by atoms with van der Waals surface area (Å²) >= 11 is 0. The number of amides is 1. The van der Waals surface area contributed by atoms with Crippen LogP contribution in [0.3, 0.4) is 0 Å². The number of carbonyl (C=O) groups excluding carboxylic acids is 1. The van der Waals surface area contributed by atoms with Crippen molar-refractivity contribution in [1.82, 2.24) is 20.2 Å². The van der Waals surface area contributed by atoms with Crippen molar-refractivity contribution < 1.29 is 27.1 Å². The monoisotopic (exact) mass is 367 g/mol. The summed E-state index contributed by atoms with van der Waals surface area (Å²) in [6.07, 6.45) is -3.54. The van der Waals surface area contributed by atoms with Crippen molar-refractivity contribution in [3.63, 3.8) is 0 Å². The van der Waals surface area contributed by atoms with E-state index in [2.05, 4.69) is 25.6 Å². The van der Waals surface area contributed by atoms with Gasteiger partial charge in [0.05, 0.1) is 11.3 Å². The maximum absolute atomic E-state index is 13.9. The van der Waals surface area contributed by atoms with Gasteiger partial charge in [-0.3, -0.25) is 4.79 Å². The molecule has 2 aromatic carbocycles. The molecule has 0 aliphatic carbocycles. The molecule has 1 aromatic heterocycles. The highest BCUT2D eigenvalue weighted by molar-refractivity contribution is 6.04. The quantitative estimate of drug-likeness (QED) is 0.717. The summed E-state index contributed by atoms with van der Waals surface area (Å²) < 4.78 is 55.3. The molecule has 7 nitrogen and oxygen atoms in total. The zero-order chi connectivity index (χ0) is 18.7. The van der Waals surface area contributed by atoms with Gasteiger partial charge in [0.15, 0.2) is 0 Å². The third-order valence-corrected chi connectivity index (χ3v) is 3.15. The van der Waals surface area contributed by atoms with Crippen molar-refractivity contribution in [2.75, 3.05) is 5.32 Å². The van der Waals surface area contributed by atoms with Crippen LogP contribution in [0.5, 0.6) is 5.75 Å². The van der Waals surface area contributed by atoms with Gasteiger partial charge in [-0.1, -0.05) is 0 Å². The third-order valence-electron chi connectivity index (χ3n) is 3.15. The molecule has 3 aromatic rings. The van der Waals surface area contributed by atoms with Crippen molar-refractivity contribution in [2.24, 2.45) is 0 Å². The molecule has 0 radical (unpaired) electrons. The summed E-state index contributed by atoms with van der Waals surface area (Å²) in [6.45, 7) is 0. The molecule has 0 saturated carbocycles. The van der Waals surface area contributed by atoms with Crippen LogP contribution in [0.1, 0.15) is 10.4 Å². The lowest BCUT2D eigenvalue weighted by Crippen LogP contribution is -2.17. The van der Waals surface area contributed by atoms with Crippen LogP contribution < -0.4 is 10.1 Å². The van der Waals surface area contributed by atoms with Crippen LogP contribution in [0.25, 0.3) is 5.69 Å². The van der Waals surface area contributed by atoms with Gasteiger partial charge in [0, 0.05) is 5.69 Å². The molecule has 11 heteroatoms. The SMILES string of the molecule is O=C(Nc1ccc(OC(F)(F)F)cc1)c1cc(-n2cnnn2)ccc1F. The smallest absolute Gasteiger partial charge is 0.406 e. The van der Waals surface area contributed by atoms with E-state index in [1.807, 2.05) is 0 Å². The normalized spacial score (nSPS) is 11.2. The van der Waals surface area contributed by atoms with Crippen molar-refractivity contribution in [2.45, 2.75) is 6.36 Å². The maximum atomic E-state index is 13.9. The number of rotatable bonds is 4. The Labute approximate surface area is 143 Å². The van der Waals surface area contributed by atoms with Gasteiger partial charge in [-0.15, -0.1) is 18.3 Å². The average molecular weight is 367 g/mol. The highest BCUT2D eigenvalue weighted by atomic mass is 19.4. The summed E-state index contributed by atoms with van der Waals surface area (Å²) in [5.74, 6) is -2.01. The maximum Gasteiger partial charge on any atom is 0.573 e. The highest BCUT2D eigenvalue weighted by Crippen LogP contribution is 2.24. The number of aromatic nitrogens is 4. The Kier molecular flexibility index (Phi) is 4.52. The molecule has 3 rings (SSSR count). The van der Waals surface area contributed by atoms with E-state index >= 15 is 0 Å². The van der Waals surface area contributed by atoms with E-state index in [-0.39, 0.29) is 11.3 Å². The summed E-state index contributed by atoms with van der Waals surface area (Å²) in [6, 6.07) is 8.14.